The molecule has 2 aromatic carbocycles. The molecule has 33 heavy (non-hydrogen) atoms. The lowest BCUT2D eigenvalue weighted by Crippen LogP contribution is -2.41. The molecule has 0 aromatic heterocycles. The van der Waals surface area contributed by atoms with E-state index in [9.17, 15) is 13.6 Å². The van der Waals surface area contributed by atoms with Crippen molar-refractivity contribution in [3.05, 3.63) is 67.6 Å². The van der Waals surface area contributed by atoms with Crippen molar-refractivity contribution in [2.24, 2.45) is 0 Å². The summed E-state index contributed by atoms with van der Waals surface area (Å²) in [5, 5.41) is 20.7. The average molecular weight is 583 g/mol. The molecular formula is C25H27Br2F2N3O. The summed E-state index contributed by atoms with van der Waals surface area (Å²) in [4.78, 5) is 12.1. The van der Waals surface area contributed by atoms with Gasteiger partial charge in [-0.15, -0.1) is 0 Å². The van der Waals surface area contributed by atoms with Gasteiger partial charge in [-0.1, -0.05) is 15.9 Å². The summed E-state index contributed by atoms with van der Waals surface area (Å²) in [6, 6.07) is 11.6. The molecule has 0 saturated carbocycles. The Morgan fingerprint density at radius 3 is 1.73 bits per heavy atom. The van der Waals surface area contributed by atoms with Crippen LogP contribution in [0.15, 0.2) is 39.3 Å². The monoisotopic (exact) mass is 581 g/mol. The van der Waals surface area contributed by atoms with E-state index in [1.54, 1.807) is 39.8 Å². The third-order valence-electron chi connectivity index (χ3n) is 4.62. The average Bonchev–Trinajstić information content (AvgIpc) is 2.65. The molecule has 1 N–H and O–H groups in total. The van der Waals surface area contributed by atoms with Crippen LogP contribution in [-0.4, -0.2) is 11.4 Å². The van der Waals surface area contributed by atoms with E-state index in [0.717, 1.165) is 0 Å². The molecule has 0 spiro atoms. The number of carbonyl (C=O) groups is 1. The van der Waals surface area contributed by atoms with Crippen LogP contribution >= 0.6 is 31.9 Å². The molecule has 2 aromatic rings. The Balaban J connectivity index is 0.000000361. The molecule has 0 aliphatic carbocycles. The van der Waals surface area contributed by atoms with Crippen LogP contribution in [0, 0.1) is 34.3 Å². The fourth-order valence-corrected chi connectivity index (χ4v) is 3.68. The fraction of sp³-hybridized carbons (Fsp3) is 0.400. The van der Waals surface area contributed by atoms with E-state index in [1.165, 1.54) is 18.2 Å². The number of carbonyl (C=O) groups excluding carboxylic acids is 1. The van der Waals surface area contributed by atoms with Crippen LogP contribution in [0.4, 0.5) is 8.78 Å². The normalized spacial score (nSPS) is 11.5. The first-order valence-electron chi connectivity index (χ1n) is 10.0. The molecule has 2 rings (SSSR count). The SMILES string of the molecule is CC(C)(C#N)c1cc(F)cc(Br)c1.CC(C)(C)NC(=O)c1c(F)cc(C(C)(C)C#N)cc1Br. The molecule has 0 fully saturated rings. The van der Waals surface area contributed by atoms with Crippen LogP contribution < -0.4 is 5.32 Å². The maximum atomic E-state index is 14.2. The first kappa shape index (κ1) is 28.7. The summed E-state index contributed by atoms with van der Waals surface area (Å²) >= 11 is 6.40. The van der Waals surface area contributed by atoms with Gasteiger partial charge in [0.15, 0.2) is 0 Å². The number of nitriles is 2. The number of rotatable bonds is 3. The number of hydrogen-bond donors (Lipinski definition) is 1. The van der Waals surface area contributed by atoms with E-state index >= 15 is 0 Å². The summed E-state index contributed by atoms with van der Waals surface area (Å²) in [5.41, 5.74) is -0.753. The van der Waals surface area contributed by atoms with Gasteiger partial charge in [-0.3, -0.25) is 4.79 Å². The van der Waals surface area contributed by atoms with Crippen LogP contribution in [0.2, 0.25) is 0 Å². The van der Waals surface area contributed by atoms with E-state index in [4.69, 9.17) is 10.5 Å². The Bertz CT molecular complexity index is 1080. The maximum Gasteiger partial charge on any atom is 0.255 e. The molecule has 0 aliphatic rings. The van der Waals surface area contributed by atoms with E-state index in [1.807, 2.05) is 20.8 Å². The third kappa shape index (κ3) is 8.21. The largest absolute Gasteiger partial charge is 0.347 e. The van der Waals surface area contributed by atoms with Crippen molar-refractivity contribution < 1.29 is 13.6 Å². The van der Waals surface area contributed by atoms with Crippen molar-refractivity contribution >= 4 is 37.8 Å². The minimum atomic E-state index is -0.817. The molecule has 0 atom stereocenters. The topological polar surface area (TPSA) is 76.7 Å². The Morgan fingerprint density at radius 1 is 0.848 bits per heavy atom. The highest BCUT2D eigenvalue weighted by molar-refractivity contribution is 9.10. The lowest BCUT2D eigenvalue weighted by atomic mass is 9.86. The molecule has 4 nitrogen and oxygen atoms in total. The van der Waals surface area contributed by atoms with Crippen LogP contribution in [0.3, 0.4) is 0 Å². The highest BCUT2D eigenvalue weighted by Crippen LogP contribution is 2.30. The predicted octanol–water partition coefficient (Wildman–Crippen LogP) is 7.31. The lowest BCUT2D eigenvalue weighted by molar-refractivity contribution is 0.0914. The summed E-state index contributed by atoms with van der Waals surface area (Å²) < 4.78 is 28.2. The molecular weight excluding hydrogens is 556 g/mol. The van der Waals surface area contributed by atoms with Crippen LogP contribution in [-0.2, 0) is 10.8 Å². The van der Waals surface area contributed by atoms with E-state index in [-0.39, 0.29) is 11.4 Å². The molecule has 0 heterocycles. The standard InChI is InChI=1S/C15H18BrFN2O.C10H9BrFN/c1-14(2,3)19-13(20)12-10(16)6-9(7-11(12)17)15(4,5)8-18;1-10(2,6-13)7-3-8(11)5-9(12)4-7/h6-7H,1-5H3,(H,19,20);3-5H,1-2H3. The smallest absolute Gasteiger partial charge is 0.255 e. The number of halogens is 4. The fourth-order valence-electron chi connectivity index (χ4n) is 2.60. The van der Waals surface area contributed by atoms with Gasteiger partial charge in [0.2, 0.25) is 0 Å². The number of nitrogens with zero attached hydrogens (tertiary/aromatic N) is 2. The van der Waals surface area contributed by atoms with Gasteiger partial charge >= 0.3 is 0 Å². The van der Waals surface area contributed by atoms with Crippen molar-refractivity contribution in [2.75, 3.05) is 0 Å². The zero-order valence-electron chi connectivity index (χ0n) is 19.7. The molecule has 0 radical (unpaired) electrons. The van der Waals surface area contributed by atoms with Gasteiger partial charge in [0.1, 0.15) is 11.6 Å². The van der Waals surface area contributed by atoms with Crippen molar-refractivity contribution in [1.29, 1.82) is 10.5 Å². The second kappa shape index (κ2) is 10.8. The number of amides is 1. The van der Waals surface area contributed by atoms with Crippen molar-refractivity contribution in [1.82, 2.24) is 5.32 Å². The van der Waals surface area contributed by atoms with Gasteiger partial charge in [0.25, 0.3) is 5.91 Å². The van der Waals surface area contributed by atoms with E-state index < -0.39 is 28.1 Å². The Morgan fingerprint density at radius 2 is 1.33 bits per heavy atom. The highest BCUT2D eigenvalue weighted by Gasteiger charge is 2.26. The van der Waals surface area contributed by atoms with Crippen molar-refractivity contribution in [2.45, 2.75) is 64.8 Å². The molecule has 0 saturated heterocycles. The summed E-state index contributed by atoms with van der Waals surface area (Å²) in [6.07, 6.45) is 0. The van der Waals surface area contributed by atoms with Gasteiger partial charge in [-0.05, 0) is 106 Å². The quantitative estimate of drug-likeness (QED) is 0.412. The van der Waals surface area contributed by atoms with Gasteiger partial charge in [0.05, 0.1) is 28.5 Å². The van der Waals surface area contributed by atoms with Crippen LogP contribution in [0.1, 0.15) is 70.0 Å². The summed E-state index contributed by atoms with van der Waals surface area (Å²) in [5.74, 6) is -1.45. The molecule has 176 valence electrons. The predicted molar refractivity (Wildman–Crippen MR) is 133 cm³/mol. The Labute approximate surface area is 211 Å². The molecule has 0 bridgehead atoms. The lowest BCUT2D eigenvalue weighted by Gasteiger charge is -2.22. The van der Waals surface area contributed by atoms with Gasteiger partial charge in [0, 0.05) is 14.5 Å². The van der Waals surface area contributed by atoms with Crippen molar-refractivity contribution in [3.63, 3.8) is 0 Å². The summed E-state index contributed by atoms with van der Waals surface area (Å²) in [6.45, 7) is 12.4. The zero-order valence-corrected chi connectivity index (χ0v) is 22.9. The molecule has 0 unspecified atom stereocenters. The van der Waals surface area contributed by atoms with Crippen molar-refractivity contribution in [3.8, 4) is 12.1 Å². The summed E-state index contributed by atoms with van der Waals surface area (Å²) in [7, 11) is 0. The van der Waals surface area contributed by atoms with E-state index in [2.05, 4.69) is 49.3 Å². The second-order valence-electron chi connectivity index (χ2n) is 9.65. The Kier molecular flexibility index (Phi) is 9.37. The second-order valence-corrected chi connectivity index (χ2v) is 11.4. The van der Waals surface area contributed by atoms with Crippen LogP contribution in [0.5, 0.6) is 0 Å². The van der Waals surface area contributed by atoms with Gasteiger partial charge < -0.3 is 5.32 Å². The minimum absolute atomic E-state index is 0.0441. The third-order valence-corrected chi connectivity index (χ3v) is 5.71. The molecule has 8 heteroatoms. The number of hydrogen-bond acceptors (Lipinski definition) is 3. The number of nitrogens with one attached hydrogen (secondary N) is 1. The van der Waals surface area contributed by atoms with Crippen LogP contribution in [0.25, 0.3) is 0 Å². The highest BCUT2D eigenvalue weighted by atomic mass is 79.9. The molecule has 1 amide bonds. The molecule has 0 aliphatic heterocycles. The number of benzene rings is 2. The first-order valence-corrected chi connectivity index (χ1v) is 11.6. The van der Waals surface area contributed by atoms with Gasteiger partial charge in [-0.25, -0.2) is 8.78 Å². The zero-order chi connectivity index (χ0) is 25.8. The van der Waals surface area contributed by atoms with E-state index in [0.29, 0.717) is 20.1 Å². The Hall–Kier alpha value is -2.29. The minimum Gasteiger partial charge on any atom is -0.347 e. The first-order chi connectivity index (χ1) is 14.9. The van der Waals surface area contributed by atoms with Gasteiger partial charge in [-0.2, -0.15) is 10.5 Å². The maximum absolute atomic E-state index is 14.2.